The Kier molecular flexibility index (Phi) is 2.98. The zero-order valence-electron chi connectivity index (χ0n) is 8.01. The third-order valence-electron chi connectivity index (χ3n) is 2.31. The van der Waals surface area contributed by atoms with E-state index >= 15 is 0 Å². The van der Waals surface area contributed by atoms with Gasteiger partial charge in [-0.1, -0.05) is 15.9 Å². The smallest absolute Gasteiger partial charge is 0.191 e. The monoisotopic (exact) mass is 286 g/mol. The third-order valence-corrected chi connectivity index (χ3v) is 3.97. The van der Waals surface area contributed by atoms with E-state index in [1.54, 1.807) is 18.0 Å². The molecular weight excluding hydrogens is 279 g/mol. The molecule has 1 nitrogen and oxygen atoms in total. The van der Waals surface area contributed by atoms with Crippen LogP contribution in [0, 0.1) is 12.7 Å². The number of benzene rings is 1. The summed E-state index contributed by atoms with van der Waals surface area (Å²) in [4.78, 5) is 14.3. The fourth-order valence-corrected chi connectivity index (χ4v) is 3.04. The number of ketones is 1. The van der Waals surface area contributed by atoms with E-state index in [1.165, 1.54) is 17.8 Å². The molecule has 15 heavy (non-hydrogen) atoms. The van der Waals surface area contributed by atoms with E-state index in [9.17, 15) is 9.18 Å². The van der Waals surface area contributed by atoms with Crippen LogP contribution in [0.4, 0.5) is 4.39 Å². The van der Waals surface area contributed by atoms with Gasteiger partial charge in [0.15, 0.2) is 5.78 Å². The van der Waals surface area contributed by atoms with Gasteiger partial charge >= 0.3 is 0 Å². The molecule has 4 heteroatoms. The van der Waals surface area contributed by atoms with Gasteiger partial charge in [0, 0.05) is 21.8 Å². The van der Waals surface area contributed by atoms with Crippen LogP contribution in [0.15, 0.2) is 27.6 Å². The lowest BCUT2D eigenvalue weighted by Gasteiger charge is -2.17. The van der Waals surface area contributed by atoms with Gasteiger partial charge in [-0.25, -0.2) is 4.39 Å². The van der Waals surface area contributed by atoms with Gasteiger partial charge in [0.1, 0.15) is 5.82 Å². The molecule has 0 spiro atoms. The molecule has 1 aliphatic rings. The summed E-state index contributed by atoms with van der Waals surface area (Å²) < 4.78 is 13.3. The van der Waals surface area contributed by atoms with Crippen molar-refractivity contribution in [1.82, 2.24) is 0 Å². The number of aryl methyl sites for hydroxylation is 1. The van der Waals surface area contributed by atoms with E-state index in [1.807, 2.05) is 0 Å². The van der Waals surface area contributed by atoms with Crippen molar-refractivity contribution in [2.24, 2.45) is 0 Å². The van der Waals surface area contributed by atoms with Crippen LogP contribution in [0.2, 0.25) is 0 Å². The lowest BCUT2D eigenvalue weighted by molar-refractivity contribution is 0.103. The Morgan fingerprint density at radius 2 is 2.27 bits per heavy atom. The second-order valence-electron chi connectivity index (χ2n) is 3.35. The Balaban J connectivity index is 2.57. The molecule has 0 amide bonds. The van der Waals surface area contributed by atoms with Crippen molar-refractivity contribution in [3.05, 3.63) is 39.6 Å². The molecule has 0 unspecified atom stereocenters. The molecule has 1 aliphatic heterocycles. The molecule has 0 saturated heterocycles. The highest BCUT2D eigenvalue weighted by Gasteiger charge is 2.23. The van der Waals surface area contributed by atoms with Crippen molar-refractivity contribution in [2.45, 2.75) is 11.8 Å². The fraction of sp³-hybridized carbons (Fsp3) is 0.182. The van der Waals surface area contributed by atoms with Crippen molar-refractivity contribution in [3.63, 3.8) is 0 Å². The number of fused-ring (bicyclic) bond motifs is 1. The minimum atomic E-state index is -0.250. The van der Waals surface area contributed by atoms with Crippen molar-refractivity contribution in [1.29, 1.82) is 0 Å². The molecule has 0 N–H and O–H groups in total. The lowest BCUT2D eigenvalue weighted by Crippen LogP contribution is -2.12. The lowest BCUT2D eigenvalue weighted by atomic mass is 10.0. The predicted octanol–water partition coefficient (Wildman–Crippen LogP) is 3.70. The number of rotatable bonds is 0. The van der Waals surface area contributed by atoms with Crippen molar-refractivity contribution in [2.75, 3.05) is 5.75 Å². The maximum atomic E-state index is 13.3. The maximum absolute atomic E-state index is 13.3. The number of halogens is 2. The molecule has 0 aliphatic carbocycles. The third kappa shape index (κ3) is 1.88. The molecule has 78 valence electrons. The van der Waals surface area contributed by atoms with Crippen LogP contribution in [0.1, 0.15) is 15.9 Å². The van der Waals surface area contributed by atoms with Crippen LogP contribution < -0.4 is 0 Å². The first-order valence-electron chi connectivity index (χ1n) is 4.40. The zero-order valence-corrected chi connectivity index (χ0v) is 10.4. The summed E-state index contributed by atoms with van der Waals surface area (Å²) in [5.74, 6) is 0.337. The fourth-order valence-electron chi connectivity index (χ4n) is 1.44. The Labute approximate surface area is 99.9 Å². The molecule has 0 radical (unpaired) electrons. The molecule has 0 bridgehead atoms. The van der Waals surface area contributed by atoms with E-state index in [0.717, 1.165) is 10.5 Å². The van der Waals surface area contributed by atoms with Crippen molar-refractivity contribution < 1.29 is 9.18 Å². The van der Waals surface area contributed by atoms with E-state index < -0.39 is 0 Å². The van der Waals surface area contributed by atoms with Crippen LogP contribution in [-0.4, -0.2) is 11.5 Å². The molecule has 1 heterocycles. The maximum Gasteiger partial charge on any atom is 0.191 e. The summed E-state index contributed by atoms with van der Waals surface area (Å²) in [6.07, 6.45) is 0. The second-order valence-corrected chi connectivity index (χ2v) is 4.82. The average molecular weight is 287 g/mol. The second kappa shape index (κ2) is 4.10. The normalized spacial score (nSPS) is 18.1. The molecule has 2 rings (SSSR count). The molecule has 1 aromatic rings. The number of thioether (sulfide) groups is 1. The summed E-state index contributed by atoms with van der Waals surface area (Å²) in [6.45, 7) is 1.67. The molecule has 0 atom stereocenters. The van der Waals surface area contributed by atoms with Gasteiger partial charge in [0.2, 0.25) is 0 Å². The summed E-state index contributed by atoms with van der Waals surface area (Å²) >= 11 is 4.65. The minimum Gasteiger partial charge on any atom is -0.289 e. The van der Waals surface area contributed by atoms with E-state index in [0.29, 0.717) is 16.9 Å². The first-order chi connectivity index (χ1) is 7.13. The SMILES string of the molecule is Cc1cc2c(cc1F)SCC(=CBr)C2=O. The topological polar surface area (TPSA) is 17.1 Å². The average Bonchev–Trinajstić information content (AvgIpc) is 2.22. The number of carbonyl (C=O) groups excluding carboxylic acids is 1. The highest BCUT2D eigenvalue weighted by atomic mass is 79.9. The van der Waals surface area contributed by atoms with Gasteiger partial charge in [-0.15, -0.1) is 11.8 Å². The van der Waals surface area contributed by atoms with Gasteiger partial charge < -0.3 is 0 Å². The standard InChI is InChI=1S/C11H8BrFOS/c1-6-2-8-10(3-9(6)13)15-5-7(4-12)11(8)14/h2-4H,5H2,1H3. The highest BCUT2D eigenvalue weighted by molar-refractivity contribution is 9.11. The van der Waals surface area contributed by atoms with Crippen molar-refractivity contribution >= 4 is 33.5 Å². The summed E-state index contributed by atoms with van der Waals surface area (Å²) in [7, 11) is 0. The zero-order chi connectivity index (χ0) is 11.0. The van der Waals surface area contributed by atoms with Gasteiger partial charge in [-0.3, -0.25) is 4.79 Å². The molecule has 0 saturated carbocycles. The van der Waals surface area contributed by atoms with Crippen LogP contribution >= 0.6 is 27.7 Å². The Morgan fingerprint density at radius 3 is 2.93 bits per heavy atom. The van der Waals surface area contributed by atoms with Crippen LogP contribution in [-0.2, 0) is 0 Å². The van der Waals surface area contributed by atoms with Gasteiger partial charge in [0.25, 0.3) is 0 Å². The van der Waals surface area contributed by atoms with E-state index in [-0.39, 0.29) is 11.6 Å². The van der Waals surface area contributed by atoms with Crippen LogP contribution in [0.3, 0.4) is 0 Å². The number of Topliss-reactive ketones (excluding diaryl/α,β-unsaturated/α-hetero) is 1. The van der Waals surface area contributed by atoms with Crippen molar-refractivity contribution in [3.8, 4) is 0 Å². The quantitative estimate of drug-likeness (QED) is 0.677. The molecule has 1 aromatic carbocycles. The number of carbonyl (C=O) groups is 1. The van der Waals surface area contributed by atoms with E-state index in [2.05, 4.69) is 15.9 Å². The van der Waals surface area contributed by atoms with E-state index in [4.69, 9.17) is 0 Å². The largest absolute Gasteiger partial charge is 0.289 e. The highest BCUT2D eigenvalue weighted by Crippen LogP contribution is 2.34. The van der Waals surface area contributed by atoms with Gasteiger partial charge in [0.05, 0.1) is 0 Å². The van der Waals surface area contributed by atoms with Crippen LogP contribution in [0.25, 0.3) is 0 Å². The Bertz CT molecular complexity index is 468. The summed E-state index contributed by atoms with van der Waals surface area (Å²) in [5, 5.41) is 0. The molecule has 0 aromatic heterocycles. The Morgan fingerprint density at radius 1 is 1.53 bits per heavy atom. The summed E-state index contributed by atoms with van der Waals surface area (Å²) in [5.41, 5.74) is 1.84. The first-order valence-corrected chi connectivity index (χ1v) is 6.30. The summed E-state index contributed by atoms with van der Waals surface area (Å²) in [6, 6.07) is 3.06. The first kappa shape index (κ1) is 10.9. The Hall–Kier alpha value is -0.610. The van der Waals surface area contributed by atoms with Gasteiger partial charge in [-0.2, -0.15) is 0 Å². The molecular formula is C11H8BrFOS. The minimum absolute atomic E-state index is 0.0104. The predicted molar refractivity (Wildman–Crippen MR) is 63.2 cm³/mol. The number of hydrogen-bond donors (Lipinski definition) is 0. The van der Waals surface area contributed by atoms with Gasteiger partial charge in [-0.05, 0) is 29.6 Å². The van der Waals surface area contributed by atoms with Crippen LogP contribution in [0.5, 0.6) is 0 Å². The number of hydrogen-bond acceptors (Lipinski definition) is 2. The molecule has 0 fully saturated rings.